The first-order valence-corrected chi connectivity index (χ1v) is 11.4. The summed E-state index contributed by atoms with van der Waals surface area (Å²) >= 11 is 0. The molecular weight excluding hydrogens is 426 g/mol. The maximum Gasteiger partial charge on any atom is 0.264 e. The quantitative estimate of drug-likeness (QED) is 0.418. The summed E-state index contributed by atoms with van der Waals surface area (Å²) in [6.45, 7) is 3.32. The Bertz CT molecular complexity index is 1210. The minimum atomic E-state index is -3.96. The number of nitrogens with zero attached hydrogens (tertiary/aromatic N) is 2. The third-order valence-corrected chi connectivity index (χ3v) is 6.53. The van der Waals surface area contributed by atoms with Crippen molar-refractivity contribution >= 4 is 27.8 Å². The molecular formula is C24H25N3O4S. The van der Waals surface area contributed by atoms with Crippen molar-refractivity contribution in [2.45, 2.75) is 18.7 Å². The lowest BCUT2D eigenvalue weighted by molar-refractivity contribution is -0.119. The lowest BCUT2D eigenvalue weighted by Crippen LogP contribution is -2.40. The van der Waals surface area contributed by atoms with Crippen LogP contribution >= 0.6 is 0 Å². The third-order valence-electron chi connectivity index (χ3n) is 4.76. The number of methoxy groups -OCH3 is 1. The summed E-state index contributed by atoms with van der Waals surface area (Å²) in [5.41, 5.74) is 5.35. The van der Waals surface area contributed by atoms with Gasteiger partial charge in [-0.25, -0.2) is 13.8 Å². The molecule has 3 rings (SSSR count). The second-order valence-electron chi connectivity index (χ2n) is 7.18. The zero-order valence-corrected chi connectivity index (χ0v) is 19.0. The smallest absolute Gasteiger partial charge is 0.264 e. The summed E-state index contributed by atoms with van der Waals surface area (Å²) in [6.07, 6.45) is 1.48. The van der Waals surface area contributed by atoms with Crippen molar-refractivity contribution in [1.82, 2.24) is 5.43 Å². The van der Waals surface area contributed by atoms with Crippen LogP contribution in [0.1, 0.15) is 16.7 Å². The number of hydrogen-bond acceptors (Lipinski definition) is 5. The molecule has 0 aliphatic rings. The molecule has 0 unspecified atom stereocenters. The number of benzene rings is 3. The van der Waals surface area contributed by atoms with E-state index in [1.807, 2.05) is 26.0 Å². The summed E-state index contributed by atoms with van der Waals surface area (Å²) in [6, 6.07) is 20.6. The van der Waals surface area contributed by atoms with E-state index in [1.165, 1.54) is 18.3 Å². The normalized spacial score (nSPS) is 11.3. The molecule has 0 fully saturated rings. The highest BCUT2D eigenvalue weighted by atomic mass is 32.2. The maximum atomic E-state index is 13.4. The van der Waals surface area contributed by atoms with Crippen LogP contribution in [0.2, 0.25) is 0 Å². The van der Waals surface area contributed by atoms with Crippen LogP contribution in [0.3, 0.4) is 0 Å². The van der Waals surface area contributed by atoms with Crippen LogP contribution in [0, 0.1) is 13.8 Å². The fraction of sp³-hybridized carbons (Fsp3) is 0.167. The van der Waals surface area contributed by atoms with Gasteiger partial charge in [-0.1, -0.05) is 35.9 Å². The Morgan fingerprint density at radius 1 is 1.03 bits per heavy atom. The number of carbonyl (C=O) groups excluding carboxylic acids is 1. The highest BCUT2D eigenvalue weighted by Crippen LogP contribution is 2.27. The highest BCUT2D eigenvalue weighted by molar-refractivity contribution is 7.92. The minimum absolute atomic E-state index is 0.106. The standard InChI is InChI=1S/C24H25N3O4S/c1-18-9-14-23(19(2)15-18)27(32(29,30)22-7-5-4-6-8-22)17-24(28)26-25-16-20-10-12-21(31-3)13-11-20/h4-16H,17H2,1-3H3,(H,26,28). The van der Waals surface area contributed by atoms with E-state index >= 15 is 0 Å². The van der Waals surface area contributed by atoms with Gasteiger partial charge in [-0.05, 0) is 67.4 Å². The Balaban J connectivity index is 1.83. The van der Waals surface area contributed by atoms with Crippen LogP contribution in [-0.4, -0.2) is 34.2 Å². The molecule has 0 radical (unpaired) electrons. The number of hydrazone groups is 1. The number of rotatable bonds is 8. The molecule has 0 saturated heterocycles. The van der Waals surface area contributed by atoms with E-state index in [0.717, 1.165) is 21.0 Å². The Hall–Kier alpha value is -3.65. The zero-order valence-electron chi connectivity index (χ0n) is 18.1. The van der Waals surface area contributed by atoms with Crippen LogP contribution in [0.15, 0.2) is 82.8 Å². The molecule has 0 aromatic heterocycles. The molecule has 0 spiro atoms. The first-order valence-electron chi connectivity index (χ1n) is 9.92. The molecule has 0 aliphatic heterocycles. The van der Waals surface area contributed by atoms with Gasteiger partial charge in [0.1, 0.15) is 12.3 Å². The topological polar surface area (TPSA) is 88.1 Å². The third kappa shape index (κ3) is 5.53. The van der Waals surface area contributed by atoms with Gasteiger partial charge in [0.25, 0.3) is 15.9 Å². The number of nitrogens with one attached hydrogen (secondary N) is 1. The van der Waals surface area contributed by atoms with E-state index < -0.39 is 22.5 Å². The fourth-order valence-corrected chi connectivity index (χ4v) is 4.65. The fourth-order valence-electron chi connectivity index (χ4n) is 3.14. The van der Waals surface area contributed by atoms with E-state index in [4.69, 9.17) is 4.74 Å². The van der Waals surface area contributed by atoms with Gasteiger partial charge in [0.15, 0.2) is 0 Å². The molecule has 7 nitrogen and oxygen atoms in total. The molecule has 8 heteroatoms. The largest absolute Gasteiger partial charge is 0.497 e. The second kappa shape index (κ2) is 10.1. The highest BCUT2D eigenvalue weighted by Gasteiger charge is 2.28. The van der Waals surface area contributed by atoms with Crippen molar-refractivity contribution in [1.29, 1.82) is 0 Å². The first kappa shape index (κ1) is 23.0. The lowest BCUT2D eigenvalue weighted by Gasteiger charge is -2.25. The summed E-state index contributed by atoms with van der Waals surface area (Å²) in [5, 5.41) is 3.95. The summed E-state index contributed by atoms with van der Waals surface area (Å²) in [5.74, 6) is 0.149. The van der Waals surface area contributed by atoms with Crippen molar-refractivity contribution in [2.75, 3.05) is 18.0 Å². The number of sulfonamides is 1. The van der Waals surface area contributed by atoms with E-state index in [9.17, 15) is 13.2 Å². The molecule has 0 saturated carbocycles. The molecule has 3 aromatic rings. The van der Waals surface area contributed by atoms with Crippen molar-refractivity contribution < 1.29 is 17.9 Å². The van der Waals surface area contributed by atoms with Crippen molar-refractivity contribution in [3.8, 4) is 5.75 Å². The molecule has 0 aliphatic carbocycles. The summed E-state index contributed by atoms with van der Waals surface area (Å²) in [7, 11) is -2.38. The predicted octanol–water partition coefficient (Wildman–Crippen LogP) is 3.66. The molecule has 32 heavy (non-hydrogen) atoms. The Kier molecular flexibility index (Phi) is 7.27. The number of anilines is 1. The Labute approximate surface area is 188 Å². The lowest BCUT2D eigenvalue weighted by atomic mass is 10.1. The molecule has 3 aromatic carbocycles. The molecule has 0 atom stereocenters. The summed E-state index contributed by atoms with van der Waals surface area (Å²) < 4.78 is 32.9. The molecule has 0 bridgehead atoms. The van der Waals surface area contributed by atoms with Crippen molar-refractivity contribution in [3.63, 3.8) is 0 Å². The van der Waals surface area contributed by atoms with Gasteiger partial charge in [-0.15, -0.1) is 0 Å². The number of aryl methyl sites for hydroxylation is 2. The SMILES string of the molecule is COc1ccc(C=NNC(=O)CN(c2ccc(C)cc2C)S(=O)(=O)c2ccccc2)cc1. The van der Waals surface area contributed by atoms with Crippen molar-refractivity contribution in [3.05, 3.63) is 89.5 Å². The van der Waals surface area contributed by atoms with Crippen LogP contribution in [0.25, 0.3) is 0 Å². The number of hydrogen-bond donors (Lipinski definition) is 1. The van der Waals surface area contributed by atoms with Crippen LogP contribution in [0.4, 0.5) is 5.69 Å². The molecule has 1 amide bonds. The van der Waals surface area contributed by atoms with Crippen LogP contribution < -0.4 is 14.5 Å². The number of carbonyl (C=O) groups is 1. The molecule has 166 valence electrons. The van der Waals surface area contributed by atoms with Gasteiger partial charge in [-0.3, -0.25) is 9.10 Å². The number of ether oxygens (including phenoxy) is 1. The van der Waals surface area contributed by atoms with Gasteiger partial charge in [0.2, 0.25) is 0 Å². The average Bonchev–Trinajstić information content (AvgIpc) is 2.79. The van der Waals surface area contributed by atoms with Crippen LogP contribution in [0.5, 0.6) is 5.75 Å². The van der Waals surface area contributed by atoms with Crippen molar-refractivity contribution in [2.24, 2.45) is 5.10 Å². The van der Waals surface area contributed by atoms with Gasteiger partial charge in [0.05, 0.1) is 23.9 Å². The predicted molar refractivity (Wildman–Crippen MR) is 126 cm³/mol. The first-order chi connectivity index (χ1) is 15.3. The Morgan fingerprint density at radius 3 is 2.34 bits per heavy atom. The molecule has 0 heterocycles. The minimum Gasteiger partial charge on any atom is -0.497 e. The van der Waals surface area contributed by atoms with Gasteiger partial charge in [0, 0.05) is 0 Å². The van der Waals surface area contributed by atoms with E-state index in [0.29, 0.717) is 11.4 Å². The maximum absolute atomic E-state index is 13.4. The van der Waals surface area contributed by atoms with E-state index in [-0.39, 0.29) is 4.90 Å². The zero-order chi connectivity index (χ0) is 23.1. The van der Waals surface area contributed by atoms with E-state index in [2.05, 4.69) is 10.5 Å². The Morgan fingerprint density at radius 2 is 1.72 bits per heavy atom. The second-order valence-corrected chi connectivity index (χ2v) is 9.04. The monoisotopic (exact) mass is 451 g/mol. The average molecular weight is 452 g/mol. The summed E-state index contributed by atoms with van der Waals surface area (Å²) in [4.78, 5) is 12.7. The van der Waals surface area contributed by atoms with Gasteiger partial charge < -0.3 is 4.74 Å². The molecule has 1 N–H and O–H groups in total. The van der Waals surface area contributed by atoms with Gasteiger partial charge >= 0.3 is 0 Å². The van der Waals surface area contributed by atoms with Crippen LogP contribution in [-0.2, 0) is 14.8 Å². The van der Waals surface area contributed by atoms with E-state index in [1.54, 1.807) is 55.6 Å². The van der Waals surface area contributed by atoms with Gasteiger partial charge in [-0.2, -0.15) is 5.10 Å². The number of amides is 1.